The first-order valence-corrected chi connectivity index (χ1v) is 7.41. The second-order valence-electron chi connectivity index (χ2n) is 5.39. The van der Waals surface area contributed by atoms with E-state index in [0.717, 1.165) is 17.0 Å². The molecule has 124 valence electrons. The highest BCUT2D eigenvalue weighted by Crippen LogP contribution is 2.28. The molecule has 0 aliphatic carbocycles. The average molecular weight is 318 g/mol. The molecule has 1 heterocycles. The van der Waals surface area contributed by atoms with E-state index in [1.165, 1.54) is 14.2 Å². The highest BCUT2D eigenvalue weighted by atomic mass is 16.5. The molecule has 6 nitrogen and oxygen atoms in total. The molecule has 0 aliphatic rings. The molecule has 1 amide bonds. The summed E-state index contributed by atoms with van der Waals surface area (Å²) in [4.78, 5) is 12.5. The minimum atomic E-state index is -0.238. The largest absolute Gasteiger partial charge is 0.496 e. The first-order valence-electron chi connectivity index (χ1n) is 7.41. The molecule has 0 fully saturated rings. The van der Waals surface area contributed by atoms with E-state index in [-0.39, 0.29) is 11.8 Å². The molecule has 0 bridgehead atoms. The first-order chi connectivity index (χ1) is 11.0. The Hall–Kier alpha value is -2.50. The number of carbonyl (C=O) groups is 1. The number of benzene rings is 1. The number of carbonyl (C=O) groups excluding carboxylic acids is 1. The molecule has 6 heteroatoms. The zero-order valence-corrected chi connectivity index (χ0v) is 14.1. The lowest BCUT2D eigenvalue weighted by molar-refractivity contribution is 0.0945. The summed E-state index contributed by atoms with van der Waals surface area (Å²) in [6, 6.07) is 5.24. The van der Waals surface area contributed by atoms with Crippen LogP contribution in [0.5, 0.6) is 11.5 Å². The topological polar surface area (TPSA) is 73.6 Å². The molecule has 23 heavy (non-hydrogen) atoms. The Morgan fingerprint density at radius 1 is 1.26 bits per heavy atom. The molecular formula is C17H22N2O4. The van der Waals surface area contributed by atoms with Gasteiger partial charge in [0.25, 0.3) is 5.91 Å². The number of hydrogen-bond donors (Lipinski definition) is 1. The van der Waals surface area contributed by atoms with Crippen molar-refractivity contribution >= 4 is 5.91 Å². The second-order valence-corrected chi connectivity index (χ2v) is 5.39. The molecule has 0 radical (unpaired) electrons. The summed E-state index contributed by atoms with van der Waals surface area (Å²) in [5, 5.41) is 6.87. The van der Waals surface area contributed by atoms with Crippen LogP contribution in [0.2, 0.25) is 0 Å². The fourth-order valence-electron chi connectivity index (χ4n) is 2.70. The van der Waals surface area contributed by atoms with Crippen molar-refractivity contribution < 1.29 is 18.8 Å². The summed E-state index contributed by atoms with van der Waals surface area (Å²) >= 11 is 0. The van der Waals surface area contributed by atoms with Crippen molar-refractivity contribution in [3.63, 3.8) is 0 Å². The van der Waals surface area contributed by atoms with E-state index in [9.17, 15) is 4.79 Å². The van der Waals surface area contributed by atoms with Gasteiger partial charge in [0, 0.05) is 18.0 Å². The van der Waals surface area contributed by atoms with E-state index in [1.54, 1.807) is 18.2 Å². The number of nitrogens with one attached hydrogen (secondary N) is 1. The summed E-state index contributed by atoms with van der Waals surface area (Å²) in [6.45, 7) is 6.25. The van der Waals surface area contributed by atoms with Crippen LogP contribution in [0.25, 0.3) is 0 Å². The quantitative estimate of drug-likeness (QED) is 0.886. The number of rotatable bonds is 6. The minimum Gasteiger partial charge on any atom is -0.496 e. The Morgan fingerprint density at radius 3 is 2.35 bits per heavy atom. The molecule has 2 aromatic rings. The lowest BCUT2D eigenvalue weighted by Gasteiger charge is -2.15. The molecule has 2 rings (SSSR count). The van der Waals surface area contributed by atoms with Gasteiger partial charge in [-0.25, -0.2) is 0 Å². The normalized spacial score (nSPS) is 11.9. The van der Waals surface area contributed by atoms with Crippen molar-refractivity contribution in [1.29, 1.82) is 0 Å². The molecule has 0 saturated heterocycles. The third-order valence-corrected chi connectivity index (χ3v) is 3.81. The maximum Gasteiger partial charge on any atom is 0.258 e. The maximum absolute atomic E-state index is 12.5. The van der Waals surface area contributed by atoms with Crippen molar-refractivity contribution in [3.8, 4) is 11.5 Å². The number of methoxy groups -OCH3 is 2. The van der Waals surface area contributed by atoms with E-state index < -0.39 is 0 Å². The molecule has 1 aromatic heterocycles. The fourth-order valence-corrected chi connectivity index (χ4v) is 2.70. The maximum atomic E-state index is 12.5. The number of amides is 1. The van der Waals surface area contributed by atoms with Crippen LogP contribution in [0.1, 0.15) is 40.2 Å². The SMILES string of the molecule is COc1cccc(OC)c1C(=O)NCC(C)c1c(C)noc1C. The predicted molar refractivity (Wildman–Crippen MR) is 86.3 cm³/mol. The van der Waals surface area contributed by atoms with Crippen LogP contribution in [0.4, 0.5) is 0 Å². The van der Waals surface area contributed by atoms with Crippen LogP contribution in [-0.4, -0.2) is 31.8 Å². The van der Waals surface area contributed by atoms with Crippen molar-refractivity contribution in [2.45, 2.75) is 26.7 Å². The van der Waals surface area contributed by atoms with Crippen LogP contribution in [0.15, 0.2) is 22.7 Å². The number of aromatic nitrogens is 1. The van der Waals surface area contributed by atoms with Gasteiger partial charge >= 0.3 is 0 Å². The van der Waals surface area contributed by atoms with Crippen LogP contribution in [-0.2, 0) is 0 Å². The van der Waals surface area contributed by atoms with Crippen molar-refractivity contribution in [2.24, 2.45) is 0 Å². The molecule has 1 unspecified atom stereocenters. The van der Waals surface area contributed by atoms with Gasteiger partial charge in [-0.15, -0.1) is 0 Å². The molecule has 1 atom stereocenters. The molecular weight excluding hydrogens is 296 g/mol. The van der Waals surface area contributed by atoms with Gasteiger partial charge in [-0.05, 0) is 26.0 Å². The lowest BCUT2D eigenvalue weighted by Crippen LogP contribution is -2.28. The zero-order chi connectivity index (χ0) is 17.0. The fraction of sp³-hybridized carbons (Fsp3) is 0.412. The molecule has 1 N–H and O–H groups in total. The summed E-state index contributed by atoms with van der Waals surface area (Å²) in [7, 11) is 3.05. The van der Waals surface area contributed by atoms with E-state index >= 15 is 0 Å². The van der Waals surface area contributed by atoms with Gasteiger partial charge in [0.2, 0.25) is 0 Å². The smallest absolute Gasteiger partial charge is 0.258 e. The third-order valence-electron chi connectivity index (χ3n) is 3.81. The van der Waals surface area contributed by atoms with Crippen LogP contribution in [0, 0.1) is 13.8 Å². The van der Waals surface area contributed by atoms with E-state index in [1.807, 2.05) is 20.8 Å². The Bertz CT molecular complexity index is 652. The van der Waals surface area contributed by atoms with Crippen molar-refractivity contribution in [3.05, 3.63) is 40.8 Å². The van der Waals surface area contributed by atoms with Gasteiger partial charge in [0.15, 0.2) is 0 Å². The number of aryl methyl sites for hydroxylation is 2. The van der Waals surface area contributed by atoms with Gasteiger partial charge in [-0.2, -0.15) is 0 Å². The monoisotopic (exact) mass is 318 g/mol. The minimum absolute atomic E-state index is 0.0888. The van der Waals surface area contributed by atoms with Crippen LogP contribution >= 0.6 is 0 Å². The zero-order valence-electron chi connectivity index (χ0n) is 14.1. The lowest BCUT2D eigenvalue weighted by atomic mass is 9.99. The summed E-state index contributed by atoms with van der Waals surface area (Å²) < 4.78 is 15.7. The second kappa shape index (κ2) is 7.17. The van der Waals surface area contributed by atoms with Crippen LogP contribution in [0.3, 0.4) is 0 Å². The van der Waals surface area contributed by atoms with Gasteiger partial charge in [0.05, 0.1) is 19.9 Å². The summed E-state index contributed by atoms with van der Waals surface area (Å²) in [5.74, 6) is 1.58. The van der Waals surface area contributed by atoms with Crippen molar-refractivity contribution in [1.82, 2.24) is 10.5 Å². The molecule has 0 spiro atoms. The molecule has 0 aliphatic heterocycles. The standard InChI is InChI=1S/C17H22N2O4/c1-10(15-11(2)19-23-12(15)3)9-18-17(20)16-13(21-4)7-6-8-14(16)22-5/h6-8,10H,9H2,1-5H3,(H,18,20). The van der Waals surface area contributed by atoms with E-state index in [0.29, 0.717) is 23.6 Å². The number of hydrogen-bond acceptors (Lipinski definition) is 5. The Balaban J connectivity index is 2.14. The Morgan fingerprint density at radius 2 is 1.87 bits per heavy atom. The Kier molecular flexibility index (Phi) is 5.26. The van der Waals surface area contributed by atoms with E-state index in [4.69, 9.17) is 14.0 Å². The van der Waals surface area contributed by atoms with Crippen molar-refractivity contribution in [2.75, 3.05) is 20.8 Å². The highest BCUT2D eigenvalue weighted by Gasteiger charge is 2.21. The Labute approximate surface area is 135 Å². The number of ether oxygens (including phenoxy) is 2. The highest BCUT2D eigenvalue weighted by molar-refractivity contribution is 5.99. The summed E-state index contributed by atoms with van der Waals surface area (Å²) in [6.07, 6.45) is 0. The van der Waals surface area contributed by atoms with Gasteiger partial charge in [-0.3, -0.25) is 4.79 Å². The summed E-state index contributed by atoms with van der Waals surface area (Å²) in [5.41, 5.74) is 2.26. The molecule has 0 saturated carbocycles. The van der Waals surface area contributed by atoms with E-state index in [2.05, 4.69) is 10.5 Å². The third kappa shape index (κ3) is 3.47. The van der Waals surface area contributed by atoms with Crippen LogP contribution < -0.4 is 14.8 Å². The van der Waals surface area contributed by atoms with Gasteiger partial charge < -0.3 is 19.3 Å². The van der Waals surface area contributed by atoms with Gasteiger partial charge in [0.1, 0.15) is 22.8 Å². The molecule has 1 aromatic carbocycles. The van der Waals surface area contributed by atoms with Gasteiger partial charge in [-0.1, -0.05) is 18.1 Å². The first kappa shape index (κ1) is 16.9. The predicted octanol–water partition coefficient (Wildman–Crippen LogP) is 2.84. The average Bonchev–Trinajstić information content (AvgIpc) is 2.90. The number of nitrogens with zero attached hydrogens (tertiary/aromatic N) is 1.